The molecule has 1 aromatic rings. The lowest BCUT2D eigenvalue weighted by Gasteiger charge is -2.14. The van der Waals surface area contributed by atoms with Gasteiger partial charge in [0.05, 0.1) is 11.6 Å². The lowest BCUT2D eigenvalue weighted by molar-refractivity contribution is 0.0497. The molecule has 1 aliphatic rings. The Morgan fingerprint density at radius 2 is 1.79 bits per heavy atom. The average Bonchev–Trinajstić information content (AvgIpc) is 2.53. The fourth-order valence-corrected chi connectivity index (χ4v) is 2.63. The molecule has 0 bridgehead atoms. The van der Waals surface area contributed by atoms with Crippen LogP contribution in [-0.4, -0.2) is 28.5 Å². The third-order valence-corrected chi connectivity index (χ3v) is 4.05. The van der Waals surface area contributed by atoms with E-state index in [1.807, 2.05) is 12.2 Å². The number of benzene rings is 1. The molecule has 6 heteroatoms. The summed E-state index contributed by atoms with van der Waals surface area (Å²) in [5, 5.41) is 27.8. The Labute approximate surface area is 145 Å². The van der Waals surface area contributed by atoms with E-state index < -0.39 is 11.7 Å². The standard InChI is InChI=1S/C18H20ClNO4/c19-17-13-10-12(20)8-6-4-2-1-3-5-7-9-24-18(23)16(13)14(21)11-15(17)22/h1,3,6,8,11,20-22H,2,4-5,7,9-10H2/b3-1+,8-6+,20-12?. The number of phenols is 2. The predicted molar refractivity (Wildman–Crippen MR) is 93.2 cm³/mol. The van der Waals surface area contributed by atoms with Crippen LogP contribution in [0.2, 0.25) is 5.02 Å². The molecule has 128 valence electrons. The molecule has 0 radical (unpaired) electrons. The molecule has 5 nitrogen and oxygen atoms in total. The van der Waals surface area contributed by atoms with Gasteiger partial charge in [0, 0.05) is 18.2 Å². The number of rotatable bonds is 0. The molecule has 0 atom stereocenters. The molecule has 0 aliphatic carbocycles. The summed E-state index contributed by atoms with van der Waals surface area (Å²) in [6.45, 7) is 0.218. The number of carbonyl (C=O) groups is 1. The SMILES string of the molecule is N=C1/C=C/CC/C=C/CCCOC(=O)c2c(O)cc(O)c(Cl)c2C1. The van der Waals surface area contributed by atoms with Crippen molar-refractivity contribution in [2.75, 3.05) is 6.61 Å². The van der Waals surface area contributed by atoms with E-state index in [9.17, 15) is 15.0 Å². The number of ether oxygens (including phenoxy) is 1. The Bertz CT molecular complexity index is 695. The van der Waals surface area contributed by atoms with Crippen LogP contribution >= 0.6 is 11.6 Å². The monoisotopic (exact) mass is 349 g/mol. The van der Waals surface area contributed by atoms with Crippen molar-refractivity contribution in [1.82, 2.24) is 0 Å². The summed E-state index contributed by atoms with van der Waals surface area (Å²) < 4.78 is 5.19. The van der Waals surface area contributed by atoms with Crippen LogP contribution in [0, 0.1) is 5.41 Å². The van der Waals surface area contributed by atoms with Crippen LogP contribution in [0.25, 0.3) is 0 Å². The topological polar surface area (TPSA) is 90.6 Å². The number of cyclic esters (lactones) is 1. The fourth-order valence-electron chi connectivity index (χ4n) is 2.42. The Kier molecular flexibility index (Phi) is 6.44. The van der Waals surface area contributed by atoms with Crippen molar-refractivity contribution in [2.24, 2.45) is 0 Å². The van der Waals surface area contributed by atoms with Gasteiger partial charge < -0.3 is 20.4 Å². The van der Waals surface area contributed by atoms with Gasteiger partial charge in [0.2, 0.25) is 0 Å². The molecule has 2 rings (SSSR count). The number of aromatic hydroxyl groups is 2. The van der Waals surface area contributed by atoms with E-state index in [1.54, 1.807) is 6.08 Å². The maximum Gasteiger partial charge on any atom is 0.342 e. The van der Waals surface area contributed by atoms with Gasteiger partial charge in [-0.1, -0.05) is 29.8 Å². The van der Waals surface area contributed by atoms with Crippen LogP contribution in [0.5, 0.6) is 11.5 Å². The summed E-state index contributed by atoms with van der Waals surface area (Å²) in [7, 11) is 0. The molecule has 3 N–H and O–H groups in total. The van der Waals surface area contributed by atoms with Crippen LogP contribution in [0.4, 0.5) is 0 Å². The van der Waals surface area contributed by atoms with Crippen LogP contribution in [0.1, 0.15) is 41.6 Å². The highest BCUT2D eigenvalue weighted by molar-refractivity contribution is 6.33. The highest BCUT2D eigenvalue weighted by atomic mass is 35.5. The summed E-state index contributed by atoms with van der Waals surface area (Å²) in [6, 6.07) is 1.01. The number of allylic oxidation sites excluding steroid dienone is 4. The minimum Gasteiger partial charge on any atom is -0.507 e. The Hall–Kier alpha value is -2.27. The van der Waals surface area contributed by atoms with E-state index >= 15 is 0 Å². The van der Waals surface area contributed by atoms with Crippen LogP contribution in [-0.2, 0) is 11.2 Å². The molecule has 1 heterocycles. The van der Waals surface area contributed by atoms with Gasteiger partial charge in [-0.15, -0.1) is 0 Å². The van der Waals surface area contributed by atoms with Gasteiger partial charge in [0.25, 0.3) is 0 Å². The van der Waals surface area contributed by atoms with Crippen molar-refractivity contribution in [2.45, 2.75) is 32.1 Å². The van der Waals surface area contributed by atoms with Crippen LogP contribution < -0.4 is 0 Å². The Morgan fingerprint density at radius 1 is 1.08 bits per heavy atom. The fraction of sp³-hybridized carbons (Fsp3) is 0.333. The summed E-state index contributed by atoms with van der Waals surface area (Å²) in [6.07, 6.45) is 10.8. The Balaban J connectivity index is 2.39. The molecule has 1 aliphatic heterocycles. The number of carbonyl (C=O) groups excluding carboxylic acids is 1. The molecular weight excluding hydrogens is 330 g/mol. The molecule has 0 amide bonds. The van der Waals surface area contributed by atoms with Crippen LogP contribution in [0.3, 0.4) is 0 Å². The van der Waals surface area contributed by atoms with Crippen LogP contribution in [0.15, 0.2) is 30.4 Å². The van der Waals surface area contributed by atoms with Crippen molar-refractivity contribution in [3.63, 3.8) is 0 Å². The first-order valence-electron chi connectivity index (χ1n) is 7.80. The lowest BCUT2D eigenvalue weighted by Crippen LogP contribution is -2.12. The zero-order valence-corrected chi connectivity index (χ0v) is 14.0. The maximum absolute atomic E-state index is 12.3. The molecule has 0 unspecified atom stereocenters. The predicted octanol–water partition coefficient (Wildman–Crippen LogP) is 4.16. The number of hydrogen-bond donors (Lipinski definition) is 3. The van der Waals surface area contributed by atoms with Gasteiger partial charge in [-0.05, 0) is 37.3 Å². The molecule has 1 aromatic carbocycles. The van der Waals surface area contributed by atoms with Crippen molar-refractivity contribution in [3.8, 4) is 11.5 Å². The second kappa shape index (κ2) is 8.55. The van der Waals surface area contributed by atoms with E-state index in [2.05, 4.69) is 6.08 Å². The highest BCUT2D eigenvalue weighted by Gasteiger charge is 2.23. The molecular formula is C18H20ClNO4. The summed E-state index contributed by atoms with van der Waals surface area (Å²) in [5.74, 6) is -1.45. The number of nitrogens with one attached hydrogen (secondary N) is 1. The molecule has 0 fully saturated rings. The number of phenolic OH excluding ortho intramolecular Hbond substituents is 2. The van der Waals surface area contributed by atoms with Crippen molar-refractivity contribution in [3.05, 3.63) is 46.5 Å². The third kappa shape index (κ3) is 4.61. The van der Waals surface area contributed by atoms with Gasteiger partial charge in [-0.25, -0.2) is 4.79 Å². The summed E-state index contributed by atoms with van der Waals surface area (Å²) in [5.41, 5.74) is 0.318. The first-order valence-corrected chi connectivity index (χ1v) is 8.18. The summed E-state index contributed by atoms with van der Waals surface area (Å²) >= 11 is 6.09. The molecule has 0 aromatic heterocycles. The van der Waals surface area contributed by atoms with E-state index in [1.165, 1.54) is 0 Å². The summed E-state index contributed by atoms with van der Waals surface area (Å²) in [4.78, 5) is 12.3. The minimum absolute atomic E-state index is 0.0115. The second-order valence-corrected chi connectivity index (χ2v) is 5.89. The third-order valence-electron chi connectivity index (χ3n) is 3.63. The smallest absolute Gasteiger partial charge is 0.342 e. The minimum atomic E-state index is -0.708. The number of esters is 1. The van der Waals surface area contributed by atoms with Crippen molar-refractivity contribution >= 4 is 23.3 Å². The number of hydrogen-bond acceptors (Lipinski definition) is 5. The molecule has 24 heavy (non-hydrogen) atoms. The molecule has 0 saturated carbocycles. The normalized spacial score (nSPS) is 19.5. The molecule has 0 spiro atoms. The van der Waals surface area contributed by atoms with Crippen molar-refractivity contribution in [1.29, 1.82) is 5.41 Å². The first kappa shape index (κ1) is 18.1. The number of fused-ring (bicyclic) bond motifs is 1. The Morgan fingerprint density at radius 3 is 2.58 bits per heavy atom. The van der Waals surface area contributed by atoms with Crippen molar-refractivity contribution < 1.29 is 19.7 Å². The average molecular weight is 350 g/mol. The zero-order valence-electron chi connectivity index (χ0n) is 13.2. The second-order valence-electron chi connectivity index (χ2n) is 5.51. The van der Waals surface area contributed by atoms with E-state index in [0.717, 1.165) is 25.3 Å². The first-order chi connectivity index (χ1) is 11.5. The van der Waals surface area contributed by atoms with E-state index in [4.69, 9.17) is 21.7 Å². The van der Waals surface area contributed by atoms with E-state index in [-0.39, 0.29) is 40.6 Å². The van der Waals surface area contributed by atoms with Gasteiger partial charge in [0.15, 0.2) is 0 Å². The highest BCUT2D eigenvalue weighted by Crippen LogP contribution is 2.37. The largest absolute Gasteiger partial charge is 0.507 e. The molecule has 0 saturated heterocycles. The van der Waals surface area contributed by atoms with E-state index in [0.29, 0.717) is 6.42 Å². The number of halogens is 1. The quantitative estimate of drug-likeness (QED) is 0.484. The van der Waals surface area contributed by atoms with Gasteiger partial charge >= 0.3 is 5.97 Å². The van der Waals surface area contributed by atoms with Gasteiger partial charge in [0.1, 0.15) is 17.1 Å². The zero-order chi connectivity index (χ0) is 17.5. The lowest BCUT2D eigenvalue weighted by atomic mass is 9.99. The van der Waals surface area contributed by atoms with Gasteiger partial charge in [-0.3, -0.25) is 0 Å². The van der Waals surface area contributed by atoms with Gasteiger partial charge in [-0.2, -0.15) is 0 Å². The maximum atomic E-state index is 12.3.